The van der Waals surface area contributed by atoms with Gasteiger partial charge in [0.05, 0.1) is 5.02 Å². The number of rotatable bonds is 4. The van der Waals surface area contributed by atoms with E-state index in [0.29, 0.717) is 17.5 Å². The molecule has 1 fully saturated rings. The van der Waals surface area contributed by atoms with Crippen molar-refractivity contribution in [2.45, 2.75) is 37.0 Å². The van der Waals surface area contributed by atoms with Crippen LogP contribution in [0.4, 0.5) is 0 Å². The van der Waals surface area contributed by atoms with Crippen LogP contribution in [0.3, 0.4) is 0 Å². The molecular formula is C13H18Cl3NO2S. The molecule has 0 amide bonds. The van der Waals surface area contributed by atoms with Crippen LogP contribution in [0.5, 0.6) is 0 Å². The van der Waals surface area contributed by atoms with Gasteiger partial charge >= 0.3 is 0 Å². The third-order valence-corrected chi connectivity index (χ3v) is 5.61. The molecule has 20 heavy (non-hydrogen) atoms. The summed E-state index contributed by atoms with van der Waals surface area (Å²) in [6, 6.07) is 4.45. The summed E-state index contributed by atoms with van der Waals surface area (Å²) in [5.41, 5.74) is 0. The molecule has 114 valence electrons. The number of sulfonamides is 1. The maximum absolute atomic E-state index is 12.2. The molecule has 0 radical (unpaired) electrons. The third kappa shape index (κ3) is 4.78. The minimum Gasteiger partial charge on any atom is -0.211 e. The van der Waals surface area contributed by atoms with Crippen LogP contribution in [0.15, 0.2) is 23.1 Å². The lowest BCUT2D eigenvalue weighted by atomic mass is 9.90. The highest BCUT2D eigenvalue weighted by atomic mass is 35.5. The molecule has 0 aliphatic heterocycles. The average molecular weight is 359 g/mol. The van der Waals surface area contributed by atoms with E-state index in [9.17, 15) is 8.42 Å². The van der Waals surface area contributed by atoms with E-state index in [-0.39, 0.29) is 22.3 Å². The molecule has 0 aromatic heterocycles. The highest BCUT2D eigenvalue weighted by Crippen LogP contribution is 2.26. The van der Waals surface area contributed by atoms with Crippen molar-refractivity contribution in [1.29, 1.82) is 0 Å². The minimum absolute atomic E-state index is 0. The van der Waals surface area contributed by atoms with Gasteiger partial charge in [-0.2, -0.15) is 0 Å². The predicted octanol–water partition coefficient (Wildman–Crippen LogP) is 4.27. The highest BCUT2D eigenvalue weighted by molar-refractivity contribution is 7.89. The molecule has 0 saturated heterocycles. The SMILES string of the molecule is Cl.O=S(=O)(NCC1CCCCC1)c1cc(Cl)ccc1Cl. The van der Waals surface area contributed by atoms with Crippen LogP contribution in [0.25, 0.3) is 0 Å². The Morgan fingerprint density at radius 2 is 1.80 bits per heavy atom. The fourth-order valence-electron chi connectivity index (χ4n) is 2.38. The first kappa shape index (κ1) is 18.1. The van der Waals surface area contributed by atoms with Crippen molar-refractivity contribution in [3.63, 3.8) is 0 Å². The summed E-state index contributed by atoms with van der Waals surface area (Å²) in [6.07, 6.45) is 5.80. The van der Waals surface area contributed by atoms with Crippen LogP contribution in [-0.2, 0) is 10.0 Å². The van der Waals surface area contributed by atoms with Crippen LogP contribution in [0, 0.1) is 5.92 Å². The Bertz CT molecular complexity index is 543. The second-order valence-electron chi connectivity index (χ2n) is 4.93. The van der Waals surface area contributed by atoms with E-state index < -0.39 is 10.0 Å². The maximum atomic E-state index is 12.2. The molecule has 1 aliphatic rings. The second-order valence-corrected chi connectivity index (χ2v) is 7.51. The largest absolute Gasteiger partial charge is 0.242 e. The zero-order chi connectivity index (χ0) is 13.9. The Kier molecular flexibility index (Phi) is 7.09. The molecule has 0 unspecified atom stereocenters. The summed E-state index contributed by atoms with van der Waals surface area (Å²) in [5, 5.41) is 0.558. The second kappa shape index (κ2) is 7.85. The highest BCUT2D eigenvalue weighted by Gasteiger charge is 2.21. The Balaban J connectivity index is 0.00000200. The van der Waals surface area contributed by atoms with Crippen molar-refractivity contribution in [2.24, 2.45) is 5.92 Å². The Morgan fingerprint density at radius 1 is 1.15 bits per heavy atom. The fraction of sp³-hybridized carbons (Fsp3) is 0.538. The Morgan fingerprint density at radius 3 is 2.45 bits per heavy atom. The molecule has 0 bridgehead atoms. The molecule has 1 aliphatic carbocycles. The quantitative estimate of drug-likeness (QED) is 0.873. The first-order valence-electron chi connectivity index (χ1n) is 6.44. The standard InChI is InChI=1S/C13H17Cl2NO2S.ClH/c14-11-6-7-12(15)13(8-11)19(17,18)16-9-10-4-2-1-3-5-10;/h6-8,10,16H,1-5,9H2;1H. The smallest absolute Gasteiger partial charge is 0.211 e. The van der Waals surface area contributed by atoms with Crippen molar-refractivity contribution < 1.29 is 8.42 Å². The van der Waals surface area contributed by atoms with E-state index in [0.717, 1.165) is 12.8 Å². The molecular weight excluding hydrogens is 341 g/mol. The topological polar surface area (TPSA) is 46.2 Å². The zero-order valence-corrected chi connectivity index (χ0v) is 14.1. The summed E-state index contributed by atoms with van der Waals surface area (Å²) in [4.78, 5) is 0.0532. The van der Waals surface area contributed by atoms with Gasteiger partial charge in [-0.05, 0) is 37.0 Å². The van der Waals surface area contributed by atoms with Gasteiger partial charge in [0.25, 0.3) is 0 Å². The summed E-state index contributed by atoms with van der Waals surface area (Å²) in [7, 11) is -3.58. The van der Waals surface area contributed by atoms with Crippen molar-refractivity contribution in [2.75, 3.05) is 6.54 Å². The van der Waals surface area contributed by atoms with Crippen molar-refractivity contribution in [3.05, 3.63) is 28.2 Å². The van der Waals surface area contributed by atoms with E-state index >= 15 is 0 Å². The van der Waals surface area contributed by atoms with Crippen molar-refractivity contribution in [1.82, 2.24) is 4.72 Å². The lowest BCUT2D eigenvalue weighted by Gasteiger charge is -2.21. The molecule has 1 saturated carbocycles. The third-order valence-electron chi connectivity index (χ3n) is 3.47. The van der Waals surface area contributed by atoms with Gasteiger partial charge in [0.15, 0.2) is 0 Å². The van der Waals surface area contributed by atoms with E-state index in [1.165, 1.54) is 31.4 Å². The average Bonchev–Trinajstić information content (AvgIpc) is 2.40. The van der Waals surface area contributed by atoms with Crippen LogP contribution in [0.2, 0.25) is 10.0 Å². The number of benzene rings is 1. The molecule has 1 N–H and O–H groups in total. The predicted molar refractivity (Wildman–Crippen MR) is 85.5 cm³/mol. The molecule has 7 heteroatoms. The van der Waals surface area contributed by atoms with E-state index in [4.69, 9.17) is 23.2 Å². The van der Waals surface area contributed by atoms with Gasteiger partial charge in [0, 0.05) is 11.6 Å². The lowest BCUT2D eigenvalue weighted by Crippen LogP contribution is -2.30. The molecule has 1 aromatic carbocycles. The first-order valence-corrected chi connectivity index (χ1v) is 8.67. The number of hydrogen-bond donors (Lipinski definition) is 1. The van der Waals surface area contributed by atoms with E-state index in [2.05, 4.69) is 4.72 Å². The summed E-state index contributed by atoms with van der Waals surface area (Å²) >= 11 is 11.7. The van der Waals surface area contributed by atoms with Gasteiger partial charge in [-0.1, -0.05) is 42.5 Å². The van der Waals surface area contributed by atoms with E-state index in [1.54, 1.807) is 6.07 Å². The van der Waals surface area contributed by atoms with Gasteiger partial charge in [0.2, 0.25) is 10.0 Å². The first-order chi connectivity index (χ1) is 8.99. The normalized spacial score (nSPS) is 16.7. The molecule has 0 heterocycles. The Hall–Kier alpha value is -0.000000000000000167. The monoisotopic (exact) mass is 357 g/mol. The molecule has 2 rings (SSSR count). The van der Waals surface area contributed by atoms with Gasteiger partial charge in [-0.15, -0.1) is 12.4 Å². The van der Waals surface area contributed by atoms with Crippen molar-refractivity contribution >= 4 is 45.6 Å². The minimum atomic E-state index is -3.58. The number of halogens is 3. The lowest BCUT2D eigenvalue weighted by molar-refractivity contribution is 0.357. The Labute approximate surface area is 136 Å². The number of hydrogen-bond acceptors (Lipinski definition) is 2. The van der Waals surface area contributed by atoms with E-state index in [1.807, 2.05) is 0 Å². The molecule has 3 nitrogen and oxygen atoms in total. The maximum Gasteiger partial charge on any atom is 0.242 e. The summed E-state index contributed by atoms with van der Waals surface area (Å²) in [6.45, 7) is 0.477. The van der Waals surface area contributed by atoms with Gasteiger partial charge < -0.3 is 0 Å². The van der Waals surface area contributed by atoms with Crippen molar-refractivity contribution in [3.8, 4) is 0 Å². The van der Waals surface area contributed by atoms with Gasteiger partial charge in [-0.25, -0.2) is 13.1 Å². The summed E-state index contributed by atoms with van der Waals surface area (Å²) in [5.74, 6) is 0.432. The zero-order valence-electron chi connectivity index (χ0n) is 10.9. The number of nitrogens with one attached hydrogen (secondary N) is 1. The molecule has 0 spiro atoms. The van der Waals surface area contributed by atoms with Crippen LogP contribution in [-0.4, -0.2) is 15.0 Å². The van der Waals surface area contributed by atoms with Crippen LogP contribution >= 0.6 is 35.6 Å². The fourth-order valence-corrected chi connectivity index (χ4v) is 4.26. The van der Waals surface area contributed by atoms with Gasteiger partial charge in [-0.3, -0.25) is 0 Å². The van der Waals surface area contributed by atoms with Gasteiger partial charge in [0.1, 0.15) is 4.90 Å². The molecule has 1 aromatic rings. The summed E-state index contributed by atoms with van der Waals surface area (Å²) < 4.78 is 27.0. The molecule has 0 atom stereocenters. The van der Waals surface area contributed by atoms with Crippen LogP contribution in [0.1, 0.15) is 32.1 Å². The van der Waals surface area contributed by atoms with Crippen LogP contribution < -0.4 is 4.72 Å².